The van der Waals surface area contributed by atoms with Gasteiger partial charge in [0.05, 0.1) is 10.1 Å². The van der Waals surface area contributed by atoms with E-state index in [1.165, 1.54) is 22.5 Å². The summed E-state index contributed by atoms with van der Waals surface area (Å²) in [5.41, 5.74) is 0.773. The summed E-state index contributed by atoms with van der Waals surface area (Å²) >= 11 is 0. The second-order valence-corrected chi connectivity index (χ2v) is 10.4. The maximum Gasteiger partial charge on any atom is 0.236 e. The van der Waals surface area contributed by atoms with E-state index in [9.17, 15) is 21.2 Å². The van der Waals surface area contributed by atoms with Crippen molar-refractivity contribution < 1.29 is 21.2 Å². The first-order valence-electron chi connectivity index (χ1n) is 8.52. The van der Waals surface area contributed by atoms with E-state index in [-0.39, 0.29) is 30.8 Å². The smallest absolute Gasteiger partial charge is 0.223 e. The summed E-state index contributed by atoms with van der Waals surface area (Å²) in [4.78, 5) is 0.0641. The van der Waals surface area contributed by atoms with Crippen molar-refractivity contribution in [3.63, 3.8) is 0 Å². The Morgan fingerprint density at radius 2 is 1.48 bits per heavy atom. The van der Waals surface area contributed by atoms with Crippen LogP contribution in [0.1, 0.15) is 18.4 Å². The number of sulfonamides is 1. The van der Waals surface area contributed by atoms with Gasteiger partial charge in [0.15, 0.2) is 9.84 Å². The second kappa shape index (κ2) is 7.92. The standard InChI is InChI=1S/C19H20FNO4S2/c20-17-6-8-18(9-7-17)27(24,25)19-10-13-21(14-11-19)26(22,23)15-12-16-4-2-1-3-5-16/h1-9,12,15,19H,10-11,13-14H2/b15-12+. The number of sulfone groups is 1. The summed E-state index contributed by atoms with van der Waals surface area (Å²) in [5, 5.41) is 0.476. The lowest BCUT2D eigenvalue weighted by Gasteiger charge is -2.30. The van der Waals surface area contributed by atoms with E-state index in [0.717, 1.165) is 23.1 Å². The molecular formula is C19H20FNO4S2. The molecule has 3 rings (SSSR count). The highest BCUT2D eigenvalue weighted by molar-refractivity contribution is 7.92. The summed E-state index contributed by atoms with van der Waals surface area (Å²) in [7, 11) is -7.22. The molecule has 0 radical (unpaired) electrons. The normalized spacial score (nSPS) is 17.4. The number of piperidine rings is 1. The minimum absolute atomic E-state index is 0.0641. The molecule has 0 aromatic heterocycles. The van der Waals surface area contributed by atoms with Gasteiger partial charge in [-0.3, -0.25) is 0 Å². The molecule has 0 spiro atoms. The average molecular weight is 410 g/mol. The molecule has 144 valence electrons. The van der Waals surface area contributed by atoms with Crippen molar-refractivity contribution in [2.45, 2.75) is 23.0 Å². The molecule has 2 aromatic rings. The fourth-order valence-corrected chi connectivity index (χ4v) is 5.98. The predicted molar refractivity (Wildman–Crippen MR) is 103 cm³/mol. The van der Waals surface area contributed by atoms with Crippen LogP contribution in [0.3, 0.4) is 0 Å². The van der Waals surface area contributed by atoms with Crippen molar-refractivity contribution in [3.8, 4) is 0 Å². The minimum atomic E-state index is -3.61. The second-order valence-electron chi connectivity index (χ2n) is 6.36. The van der Waals surface area contributed by atoms with Gasteiger partial charge in [0.2, 0.25) is 10.0 Å². The number of nitrogens with zero attached hydrogens (tertiary/aromatic N) is 1. The first kappa shape index (κ1) is 19.7. The highest BCUT2D eigenvalue weighted by Gasteiger charge is 2.34. The molecule has 0 aliphatic carbocycles. The number of rotatable bonds is 5. The molecular weight excluding hydrogens is 389 g/mol. The van der Waals surface area contributed by atoms with Gasteiger partial charge in [0.25, 0.3) is 0 Å². The van der Waals surface area contributed by atoms with Gasteiger partial charge in [-0.25, -0.2) is 21.2 Å². The largest absolute Gasteiger partial charge is 0.236 e. The zero-order chi connectivity index (χ0) is 19.5. The molecule has 0 N–H and O–H groups in total. The third kappa shape index (κ3) is 4.63. The monoisotopic (exact) mass is 409 g/mol. The summed E-state index contributed by atoms with van der Waals surface area (Å²) in [6, 6.07) is 13.8. The molecule has 2 aromatic carbocycles. The van der Waals surface area contributed by atoms with E-state index in [2.05, 4.69) is 0 Å². The molecule has 1 heterocycles. The molecule has 1 aliphatic heterocycles. The van der Waals surface area contributed by atoms with Crippen molar-refractivity contribution in [1.82, 2.24) is 4.31 Å². The Labute approximate surface area is 159 Å². The Balaban J connectivity index is 1.67. The van der Waals surface area contributed by atoms with Crippen molar-refractivity contribution in [3.05, 3.63) is 71.4 Å². The van der Waals surface area contributed by atoms with E-state index in [1.54, 1.807) is 12.1 Å². The predicted octanol–water partition coefficient (Wildman–Crippen LogP) is 3.06. The summed E-state index contributed by atoms with van der Waals surface area (Å²) in [6.07, 6.45) is 1.94. The highest BCUT2D eigenvalue weighted by Crippen LogP contribution is 2.26. The molecule has 27 heavy (non-hydrogen) atoms. The first-order chi connectivity index (χ1) is 12.8. The van der Waals surface area contributed by atoms with Gasteiger partial charge in [0, 0.05) is 18.5 Å². The van der Waals surface area contributed by atoms with Gasteiger partial charge in [-0.2, -0.15) is 4.31 Å². The van der Waals surface area contributed by atoms with Gasteiger partial charge in [-0.05, 0) is 48.7 Å². The van der Waals surface area contributed by atoms with Crippen molar-refractivity contribution in [1.29, 1.82) is 0 Å². The Bertz CT molecular complexity index is 1010. The Morgan fingerprint density at radius 1 is 0.889 bits per heavy atom. The van der Waals surface area contributed by atoms with Gasteiger partial charge in [0.1, 0.15) is 5.82 Å². The molecule has 0 saturated carbocycles. The number of hydrogen-bond acceptors (Lipinski definition) is 4. The molecule has 1 fully saturated rings. The van der Waals surface area contributed by atoms with Crippen LogP contribution in [0.4, 0.5) is 4.39 Å². The fraction of sp³-hybridized carbons (Fsp3) is 0.263. The maximum absolute atomic E-state index is 13.0. The molecule has 0 amide bonds. The van der Waals surface area contributed by atoms with E-state index < -0.39 is 30.9 Å². The van der Waals surface area contributed by atoms with Gasteiger partial charge in [-0.15, -0.1) is 0 Å². The van der Waals surface area contributed by atoms with Crippen LogP contribution in [-0.2, 0) is 19.9 Å². The molecule has 5 nitrogen and oxygen atoms in total. The van der Waals surface area contributed by atoms with Crippen LogP contribution < -0.4 is 0 Å². The molecule has 0 unspecified atom stereocenters. The lowest BCUT2D eigenvalue weighted by Crippen LogP contribution is -2.41. The lowest BCUT2D eigenvalue weighted by molar-refractivity contribution is 0.349. The third-order valence-electron chi connectivity index (χ3n) is 4.57. The fourth-order valence-electron chi connectivity index (χ4n) is 3.03. The number of hydrogen-bond donors (Lipinski definition) is 0. The molecule has 1 saturated heterocycles. The van der Waals surface area contributed by atoms with E-state index in [1.807, 2.05) is 18.2 Å². The lowest BCUT2D eigenvalue weighted by atomic mass is 10.2. The quantitative estimate of drug-likeness (QED) is 0.712. The number of benzene rings is 2. The molecule has 0 bridgehead atoms. The van der Waals surface area contributed by atoms with E-state index >= 15 is 0 Å². The van der Waals surface area contributed by atoms with Crippen molar-refractivity contribution in [2.24, 2.45) is 0 Å². The van der Waals surface area contributed by atoms with Crippen LogP contribution in [0.5, 0.6) is 0 Å². The van der Waals surface area contributed by atoms with Crippen LogP contribution in [0.25, 0.3) is 6.08 Å². The van der Waals surface area contributed by atoms with Gasteiger partial charge in [-0.1, -0.05) is 30.3 Å². The maximum atomic E-state index is 13.0. The minimum Gasteiger partial charge on any atom is -0.223 e. The highest BCUT2D eigenvalue weighted by atomic mass is 32.2. The first-order valence-corrected chi connectivity index (χ1v) is 11.6. The Hall–Kier alpha value is -2.03. The van der Waals surface area contributed by atoms with Crippen molar-refractivity contribution in [2.75, 3.05) is 13.1 Å². The Morgan fingerprint density at radius 3 is 2.07 bits per heavy atom. The van der Waals surface area contributed by atoms with Gasteiger partial charge < -0.3 is 0 Å². The summed E-state index contributed by atoms with van der Waals surface area (Å²) in [5.74, 6) is -0.500. The van der Waals surface area contributed by atoms with Crippen LogP contribution in [0, 0.1) is 5.82 Å². The van der Waals surface area contributed by atoms with Crippen LogP contribution >= 0.6 is 0 Å². The third-order valence-corrected chi connectivity index (χ3v) is 8.42. The SMILES string of the molecule is O=S(=O)(c1ccc(F)cc1)C1CCN(S(=O)(=O)/C=C/c2ccccc2)CC1. The molecule has 0 atom stereocenters. The van der Waals surface area contributed by atoms with E-state index in [4.69, 9.17) is 0 Å². The topological polar surface area (TPSA) is 71.5 Å². The van der Waals surface area contributed by atoms with Crippen molar-refractivity contribution >= 4 is 25.9 Å². The number of halogens is 1. The summed E-state index contributed by atoms with van der Waals surface area (Å²) in [6.45, 7) is 0.263. The van der Waals surface area contributed by atoms with Crippen LogP contribution in [0.15, 0.2) is 64.9 Å². The summed E-state index contributed by atoms with van der Waals surface area (Å²) < 4.78 is 64.6. The van der Waals surface area contributed by atoms with Crippen LogP contribution in [-0.4, -0.2) is 39.5 Å². The Kier molecular flexibility index (Phi) is 5.78. The molecule has 1 aliphatic rings. The van der Waals surface area contributed by atoms with Gasteiger partial charge >= 0.3 is 0 Å². The zero-order valence-corrected chi connectivity index (χ0v) is 16.2. The zero-order valence-electron chi connectivity index (χ0n) is 14.5. The average Bonchev–Trinajstić information content (AvgIpc) is 2.68. The van der Waals surface area contributed by atoms with E-state index in [0.29, 0.717) is 0 Å². The molecule has 8 heteroatoms. The van der Waals surface area contributed by atoms with Crippen LogP contribution in [0.2, 0.25) is 0 Å².